The van der Waals surface area contributed by atoms with Crippen molar-refractivity contribution < 1.29 is 5.41 Å². The van der Waals surface area contributed by atoms with Gasteiger partial charge in [-0.25, -0.2) is 0 Å². The van der Waals surface area contributed by atoms with Crippen molar-refractivity contribution in [2.24, 2.45) is 15.2 Å². The largest absolute Gasteiger partial charge is 0.378 e. The van der Waals surface area contributed by atoms with Gasteiger partial charge in [0.1, 0.15) is 0 Å². The molecule has 5 nitrogen and oxygen atoms in total. The van der Waals surface area contributed by atoms with Crippen molar-refractivity contribution in [1.82, 2.24) is 0 Å². The summed E-state index contributed by atoms with van der Waals surface area (Å²) in [4.78, 5) is 5.97. The minimum atomic E-state index is 0.532. The zero-order valence-corrected chi connectivity index (χ0v) is 11.0. The standard InChI is InChI=1S/C11H15N5S/c1-13-11(17-8-12)15-14-9-4-6-10(7-5-9)16(2)3/h4-8,12H,1-3H3/p+1. The van der Waals surface area contributed by atoms with Crippen molar-refractivity contribution in [3.63, 3.8) is 0 Å². The molecule has 90 valence electrons. The second-order valence-corrected chi connectivity index (χ2v) is 4.24. The van der Waals surface area contributed by atoms with E-state index in [9.17, 15) is 0 Å². The first-order valence-corrected chi connectivity index (χ1v) is 5.91. The zero-order valence-electron chi connectivity index (χ0n) is 10.2. The minimum absolute atomic E-state index is 0.532. The van der Waals surface area contributed by atoms with E-state index in [4.69, 9.17) is 5.41 Å². The topological polar surface area (TPSA) is 65.9 Å². The van der Waals surface area contributed by atoms with Gasteiger partial charge in [-0.05, 0) is 24.3 Å². The molecule has 1 aromatic rings. The molecule has 1 aromatic carbocycles. The van der Waals surface area contributed by atoms with E-state index < -0.39 is 0 Å². The van der Waals surface area contributed by atoms with Gasteiger partial charge in [0.2, 0.25) is 10.7 Å². The van der Waals surface area contributed by atoms with E-state index in [2.05, 4.69) is 15.2 Å². The molecule has 0 unspecified atom stereocenters. The minimum Gasteiger partial charge on any atom is -0.378 e. The number of amidine groups is 1. The van der Waals surface area contributed by atoms with E-state index in [1.165, 1.54) is 17.3 Å². The molecule has 0 saturated carbocycles. The molecule has 0 fully saturated rings. The molecule has 0 atom stereocenters. The van der Waals surface area contributed by atoms with Crippen LogP contribution in [-0.2, 0) is 0 Å². The highest BCUT2D eigenvalue weighted by molar-refractivity contribution is 8.24. The van der Waals surface area contributed by atoms with Crippen molar-refractivity contribution in [1.29, 1.82) is 0 Å². The predicted octanol–water partition coefficient (Wildman–Crippen LogP) is 1.34. The molecule has 0 amide bonds. The second kappa shape index (κ2) is 6.80. The number of hydrogen-bond acceptors (Lipinski definition) is 4. The van der Waals surface area contributed by atoms with Crippen molar-refractivity contribution >= 4 is 33.9 Å². The molecule has 0 aliphatic heterocycles. The van der Waals surface area contributed by atoms with Crippen molar-refractivity contribution in [3.05, 3.63) is 24.3 Å². The van der Waals surface area contributed by atoms with Crippen LogP contribution < -0.4 is 10.3 Å². The van der Waals surface area contributed by atoms with Crippen LogP contribution in [-0.4, -0.2) is 31.9 Å². The lowest BCUT2D eigenvalue weighted by molar-refractivity contribution is -0.100. The van der Waals surface area contributed by atoms with E-state index in [0.29, 0.717) is 5.17 Å². The average molecular weight is 250 g/mol. The van der Waals surface area contributed by atoms with Crippen LogP contribution in [0.2, 0.25) is 0 Å². The third-order valence-corrected chi connectivity index (χ3v) is 2.59. The molecule has 0 spiro atoms. The number of rotatable bonds is 3. The van der Waals surface area contributed by atoms with E-state index in [1.807, 2.05) is 43.3 Å². The Hall–Kier alpha value is -1.69. The van der Waals surface area contributed by atoms with Gasteiger partial charge >= 0.3 is 0 Å². The molecule has 0 heterocycles. The molecule has 0 aromatic heterocycles. The SMILES string of the molecule is CN=C(N=Nc1ccc(N(C)C)cc1)SC=[NH2+]. The van der Waals surface area contributed by atoms with Crippen LogP contribution in [0.4, 0.5) is 11.4 Å². The molecule has 17 heavy (non-hydrogen) atoms. The van der Waals surface area contributed by atoms with Crippen molar-refractivity contribution in [2.45, 2.75) is 0 Å². The molecule has 0 saturated heterocycles. The smallest absolute Gasteiger partial charge is 0.214 e. The van der Waals surface area contributed by atoms with Crippen molar-refractivity contribution in [3.8, 4) is 0 Å². The highest BCUT2D eigenvalue weighted by Crippen LogP contribution is 2.18. The first-order valence-electron chi connectivity index (χ1n) is 5.03. The Morgan fingerprint density at radius 1 is 1.29 bits per heavy atom. The lowest BCUT2D eigenvalue weighted by Gasteiger charge is -2.11. The number of benzene rings is 1. The van der Waals surface area contributed by atoms with Crippen molar-refractivity contribution in [2.75, 3.05) is 26.0 Å². The lowest BCUT2D eigenvalue weighted by atomic mass is 10.3. The number of thioether (sulfide) groups is 1. The summed E-state index contributed by atoms with van der Waals surface area (Å²) in [6.07, 6.45) is 0. The number of anilines is 1. The first kappa shape index (κ1) is 13.4. The van der Waals surface area contributed by atoms with Gasteiger partial charge in [-0.15, -0.1) is 10.2 Å². The van der Waals surface area contributed by atoms with Gasteiger partial charge < -0.3 is 4.90 Å². The summed E-state index contributed by atoms with van der Waals surface area (Å²) in [5.41, 5.74) is 3.34. The zero-order chi connectivity index (χ0) is 12.7. The molecule has 0 aliphatic carbocycles. The summed E-state index contributed by atoms with van der Waals surface area (Å²) >= 11 is 1.24. The second-order valence-electron chi connectivity index (χ2n) is 3.37. The van der Waals surface area contributed by atoms with Crippen LogP contribution in [0.15, 0.2) is 39.5 Å². The van der Waals surface area contributed by atoms with Gasteiger partial charge in [-0.2, -0.15) is 0 Å². The quantitative estimate of drug-likeness (QED) is 0.500. The number of hydrogen-bond donors (Lipinski definition) is 1. The Labute approximate surface area is 105 Å². The van der Waals surface area contributed by atoms with E-state index in [-0.39, 0.29) is 0 Å². The Bertz CT molecular complexity index is 422. The molecule has 0 bridgehead atoms. The predicted molar refractivity (Wildman–Crippen MR) is 74.2 cm³/mol. The van der Waals surface area contributed by atoms with Crippen LogP contribution in [0.1, 0.15) is 0 Å². The highest BCUT2D eigenvalue weighted by Gasteiger charge is 1.97. The molecule has 2 N–H and O–H groups in total. The van der Waals surface area contributed by atoms with Gasteiger partial charge in [-0.3, -0.25) is 10.4 Å². The van der Waals surface area contributed by atoms with Crippen LogP contribution in [0, 0.1) is 0 Å². The van der Waals surface area contributed by atoms with Crippen LogP contribution >= 0.6 is 11.8 Å². The van der Waals surface area contributed by atoms with Crippen LogP contribution in [0.5, 0.6) is 0 Å². The number of nitrogens with zero attached hydrogens (tertiary/aromatic N) is 4. The summed E-state index contributed by atoms with van der Waals surface area (Å²) in [5.74, 6) is 0. The maximum absolute atomic E-state index is 5.28. The summed E-state index contributed by atoms with van der Waals surface area (Å²) in [6, 6.07) is 7.78. The lowest BCUT2D eigenvalue weighted by Crippen LogP contribution is -2.28. The molecule has 1 rings (SSSR count). The van der Waals surface area contributed by atoms with E-state index in [0.717, 1.165) is 11.4 Å². The maximum atomic E-state index is 5.28. The Balaban J connectivity index is 2.75. The van der Waals surface area contributed by atoms with Gasteiger partial charge in [0.05, 0.1) is 5.69 Å². The fourth-order valence-electron chi connectivity index (χ4n) is 1.10. The molecule has 0 radical (unpaired) electrons. The summed E-state index contributed by atoms with van der Waals surface area (Å²) < 4.78 is 0. The monoisotopic (exact) mass is 250 g/mol. The van der Waals surface area contributed by atoms with Gasteiger partial charge in [0.25, 0.3) is 0 Å². The van der Waals surface area contributed by atoms with E-state index in [1.54, 1.807) is 7.05 Å². The summed E-state index contributed by atoms with van der Waals surface area (Å²) in [7, 11) is 5.64. The maximum Gasteiger partial charge on any atom is 0.214 e. The molecular formula is C11H16N5S+. The fraction of sp³-hybridized carbons (Fsp3) is 0.273. The van der Waals surface area contributed by atoms with Gasteiger partial charge in [-0.1, -0.05) is 0 Å². The fourth-order valence-corrected chi connectivity index (χ4v) is 1.41. The number of aliphatic imine (C=N–C) groups is 1. The third kappa shape index (κ3) is 4.36. The summed E-state index contributed by atoms with van der Waals surface area (Å²) in [5, 5.41) is 13.9. The van der Waals surface area contributed by atoms with Gasteiger partial charge in [0, 0.05) is 38.6 Å². The molecular weight excluding hydrogens is 234 g/mol. The Kier molecular flexibility index (Phi) is 5.35. The average Bonchev–Trinajstić information content (AvgIpc) is 2.35. The summed E-state index contributed by atoms with van der Waals surface area (Å²) in [6.45, 7) is 0. The number of azo groups is 1. The normalized spacial score (nSPS) is 11.8. The molecule has 6 heteroatoms. The highest BCUT2D eigenvalue weighted by atomic mass is 32.2. The first-order chi connectivity index (χ1) is 8.17. The molecule has 0 aliphatic rings. The Morgan fingerprint density at radius 2 is 1.94 bits per heavy atom. The number of nitrogens with two attached hydrogens (primary N) is 1. The Morgan fingerprint density at radius 3 is 2.41 bits per heavy atom. The third-order valence-electron chi connectivity index (χ3n) is 1.98. The van der Waals surface area contributed by atoms with E-state index >= 15 is 0 Å². The van der Waals surface area contributed by atoms with Gasteiger partial charge in [0.15, 0.2) is 0 Å². The van der Waals surface area contributed by atoms with Crippen LogP contribution in [0.3, 0.4) is 0 Å². The van der Waals surface area contributed by atoms with Crippen LogP contribution in [0.25, 0.3) is 0 Å².